The largest absolute Gasteiger partial charge is 0.489 e. The molecule has 0 aliphatic heterocycles. The van der Waals surface area contributed by atoms with Crippen molar-refractivity contribution in [3.63, 3.8) is 0 Å². The maximum atomic E-state index is 12.1. The van der Waals surface area contributed by atoms with Gasteiger partial charge in [-0.25, -0.2) is 0 Å². The highest BCUT2D eigenvalue weighted by molar-refractivity contribution is 6.30. The molecule has 138 valence electrons. The molecule has 0 heterocycles. The highest BCUT2D eigenvalue weighted by Crippen LogP contribution is 2.40. The predicted octanol–water partition coefficient (Wildman–Crippen LogP) is 3.37. The molecule has 27 heavy (non-hydrogen) atoms. The van der Waals surface area contributed by atoms with Crippen molar-refractivity contribution in [2.24, 2.45) is 5.41 Å². The smallest absolute Gasteiger partial charge is 0.269 e. The molecular formula is C20H18ClN3O3. The second-order valence-electron chi connectivity index (χ2n) is 6.40. The Balaban J connectivity index is 1.50. The highest BCUT2D eigenvalue weighted by atomic mass is 35.5. The zero-order chi connectivity index (χ0) is 19.3. The lowest BCUT2D eigenvalue weighted by molar-refractivity contribution is -0.132. The van der Waals surface area contributed by atoms with Crippen LogP contribution in [0.15, 0.2) is 48.5 Å². The Labute approximate surface area is 162 Å². The van der Waals surface area contributed by atoms with Crippen LogP contribution in [0.3, 0.4) is 0 Å². The van der Waals surface area contributed by atoms with Crippen LogP contribution in [-0.4, -0.2) is 11.8 Å². The van der Waals surface area contributed by atoms with Crippen LogP contribution in [0.2, 0.25) is 5.02 Å². The second-order valence-corrected chi connectivity index (χ2v) is 6.83. The molecule has 6 nitrogen and oxygen atoms in total. The first-order valence-electron chi connectivity index (χ1n) is 8.52. The van der Waals surface area contributed by atoms with Gasteiger partial charge in [0.2, 0.25) is 0 Å². The number of halogens is 1. The summed E-state index contributed by atoms with van der Waals surface area (Å²) >= 11 is 5.83. The number of nitrogens with zero attached hydrogens (tertiary/aromatic N) is 1. The summed E-state index contributed by atoms with van der Waals surface area (Å²) in [6.45, 7) is 0.352. The second kappa shape index (κ2) is 8.11. The van der Waals surface area contributed by atoms with Crippen molar-refractivity contribution in [3.8, 4) is 11.8 Å². The van der Waals surface area contributed by atoms with Gasteiger partial charge in [0.25, 0.3) is 11.8 Å². The summed E-state index contributed by atoms with van der Waals surface area (Å²) in [5.74, 6) is -0.204. The Morgan fingerprint density at radius 1 is 1.07 bits per heavy atom. The molecular weight excluding hydrogens is 366 g/mol. The fourth-order valence-electron chi connectivity index (χ4n) is 2.68. The monoisotopic (exact) mass is 383 g/mol. The zero-order valence-electron chi connectivity index (χ0n) is 14.5. The number of benzene rings is 2. The van der Waals surface area contributed by atoms with E-state index >= 15 is 0 Å². The van der Waals surface area contributed by atoms with E-state index in [4.69, 9.17) is 21.6 Å². The van der Waals surface area contributed by atoms with Crippen molar-refractivity contribution in [1.29, 1.82) is 5.26 Å². The Hall–Kier alpha value is -3.04. The summed E-state index contributed by atoms with van der Waals surface area (Å²) in [7, 11) is 0. The number of ether oxygens (including phenoxy) is 1. The third kappa shape index (κ3) is 4.39. The van der Waals surface area contributed by atoms with Gasteiger partial charge in [-0.1, -0.05) is 23.7 Å². The number of nitriles is 1. The minimum absolute atomic E-state index is 0.352. The average molecular weight is 384 g/mol. The first-order chi connectivity index (χ1) is 13.0. The minimum atomic E-state index is -1.00. The molecule has 1 saturated carbocycles. The van der Waals surface area contributed by atoms with E-state index in [2.05, 4.69) is 10.9 Å². The first kappa shape index (κ1) is 18.7. The van der Waals surface area contributed by atoms with Crippen LogP contribution in [0.5, 0.6) is 5.75 Å². The van der Waals surface area contributed by atoms with E-state index in [1.54, 1.807) is 48.5 Å². The van der Waals surface area contributed by atoms with E-state index in [0.29, 0.717) is 35.8 Å². The predicted molar refractivity (Wildman–Crippen MR) is 99.7 cm³/mol. The molecule has 1 aliphatic rings. The molecule has 1 fully saturated rings. The van der Waals surface area contributed by atoms with E-state index in [9.17, 15) is 9.59 Å². The topological polar surface area (TPSA) is 91.2 Å². The SMILES string of the molecule is N#CC1(C(=O)NNC(=O)c2ccc(COc3ccc(Cl)cc3)cc2)CCC1. The van der Waals surface area contributed by atoms with Crippen molar-refractivity contribution < 1.29 is 14.3 Å². The van der Waals surface area contributed by atoms with Crippen molar-refractivity contribution in [3.05, 3.63) is 64.7 Å². The molecule has 2 N–H and O–H groups in total. The van der Waals surface area contributed by atoms with Gasteiger partial charge in [-0.2, -0.15) is 5.26 Å². The summed E-state index contributed by atoms with van der Waals surface area (Å²) in [5, 5.41) is 9.77. The maximum Gasteiger partial charge on any atom is 0.269 e. The number of nitrogens with one attached hydrogen (secondary N) is 2. The normalized spacial score (nSPS) is 14.4. The van der Waals surface area contributed by atoms with Crippen LogP contribution in [0.25, 0.3) is 0 Å². The first-order valence-corrected chi connectivity index (χ1v) is 8.89. The lowest BCUT2D eigenvalue weighted by Crippen LogP contribution is -2.51. The molecule has 1 aliphatic carbocycles. The van der Waals surface area contributed by atoms with E-state index in [1.807, 2.05) is 6.07 Å². The van der Waals surface area contributed by atoms with Crippen LogP contribution in [-0.2, 0) is 11.4 Å². The van der Waals surface area contributed by atoms with Crippen LogP contribution in [0.1, 0.15) is 35.2 Å². The van der Waals surface area contributed by atoms with Crippen molar-refractivity contribution in [2.45, 2.75) is 25.9 Å². The van der Waals surface area contributed by atoms with E-state index in [1.165, 1.54) is 0 Å². The van der Waals surface area contributed by atoms with Gasteiger partial charge in [0.1, 0.15) is 17.8 Å². The Morgan fingerprint density at radius 3 is 2.30 bits per heavy atom. The number of hydrazine groups is 1. The van der Waals surface area contributed by atoms with Gasteiger partial charge in [-0.15, -0.1) is 0 Å². The Morgan fingerprint density at radius 2 is 1.74 bits per heavy atom. The molecule has 0 atom stereocenters. The molecule has 0 radical (unpaired) electrons. The third-order valence-corrected chi connectivity index (χ3v) is 4.83. The Bertz CT molecular complexity index is 869. The summed E-state index contributed by atoms with van der Waals surface area (Å²) in [6.07, 6.45) is 1.88. The van der Waals surface area contributed by atoms with Gasteiger partial charge >= 0.3 is 0 Å². The van der Waals surface area contributed by atoms with Gasteiger partial charge < -0.3 is 4.74 Å². The minimum Gasteiger partial charge on any atom is -0.489 e. The van der Waals surface area contributed by atoms with Crippen LogP contribution >= 0.6 is 11.6 Å². The number of rotatable bonds is 5. The quantitative estimate of drug-likeness (QED) is 0.774. The molecule has 2 amide bonds. The number of carbonyl (C=O) groups is 2. The number of carbonyl (C=O) groups excluding carboxylic acids is 2. The summed E-state index contributed by atoms with van der Waals surface area (Å²) in [4.78, 5) is 24.2. The molecule has 0 aromatic heterocycles. The average Bonchev–Trinajstić information content (AvgIpc) is 2.65. The van der Waals surface area contributed by atoms with E-state index in [0.717, 1.165) is 12.0 Å². The van der Waals surface area contributed by atoms with E-state index < -0.39 is 17.2 Å². The maximum absolute atomic E-state index is 12.1. The van der Waals surface area contributed by atoms with Gasteiger partial charge in [-0.3, -0.25) is 20.4 Å². The standard InChI is InChI=1S/C20H18ClN3O3/c21-16-6-8-17(9-7-16)27-12-14-2-4-15(5-3-14)18(25)23-24-19(26)20(13-22)10-1-11-20/h2-9H,1,10-12H2,(H,23,25)(H,24,26). The fourth-order valence-corrected chi connectivity index (χ4v) is 2.80. The van der Waals surface area contributed by atoms with Crippen molar-refractivity contribution in [1.82, 2.24) is 10.9 Å². The van der Waals surface area contributed by atoms with Crippen LogP contribution in [0, 0.1) is 16.7 Å². The summed E-state index contributed by atoms with van der Waals surface area (Å²) in [6, 6.07) is 15.9. The molecule has 2 aromatic carbocycles. The van der Waals surface area contributed by atoms with E-state index in [-0.39, 0.29) is 0 Å². The van der Waals surface area contributed by atoms with Crippen LogP contribution in [0.4, 0.5) is 0 Å². The third-order valence-electron chi connectivity index (χ3n) is 4.58. The van der Waals surface area contributed by atoms with Gasteiger partial charge in [0, 0.05) is 10.6 Å². The summed E-state index contributed by atoms with van der Waals surface area (Å²) in [5.41, 5.74) is 4.98. The van der Waals surface area contributed by atoms with Gasteiger partial charge in [0.15, 0.2) is 0 Å². The zero-order valence-corrected chi connectivity index (χ0v) is 15.3. The Kier molecular flexibility index (Phi) is 5.63. The number of hydrogen-bond acceptors (Lipinski definition) is 4. The molecule has 0 saturated heterocycles. The fraction of sp³-hybridized carbons (Fsp3) is 0.250. The van der Waals surface area contributed by atoms with Gasteiger partial charge in [-0.05, 0) is 61.2 Å². The number of hydrogen-bond donors (Lipinski definition) is 2. The lowest BCUT2D eigenvalue weighted by Gasteiger charge is -2.33. The van der Waals surface area contributed by atoms with Crippen LogP contribution < -0.4 is 15.6 Å². The number of amides is 2. The molecule has 0 unspecified atom stereocenters. The molecule has 2 aromatic rings. The highest BCUT2D eigenvalue weighted by Gasteiger charge is 2.44. The lowest BCUT2D eigenvalue weighted by atomic mass is 9.69. The molecule has 0 bridgehead atoms. The van der Waals surface area contributed by atoms with Crippen molar-refractivity contribution in [2.75, 3.05) is 0 Å². The summed E-state index contributed by atoms with van der Waals surface area (Å²) < 4.78 is 5.65. The molecule has 7 heteroatoms. The van der Waals surface area contributed by atoms with Crippen molar-refractivity contribution >= 4 is 23.4 Å². The van der Waals surface area contributed by atoms with Gasteiger partial charge in [0.05, 0.1) is 6.07 Å². The molecule has 3 rings (SSSR count). The molecule has 0 spiro atoms.